The van der Waals surface area contributed by atoms with E-state index in [1.807, 2.05) is 0 Å². The number of anilines is 1. The number of aryl methyl sites for hydroxylation is 1. The molecular formula is C21H24Cl2FN5O3S. The van der Waals surface area contributed by atoms with E-state index in [-0.39, 0.29) is 30.6 Å². The van der Waals surface area contributed by atoms with Crippen molar-refractivity contribution in [1.82, 2.24) is 18.8 Å². The molecule has 1 aromatic carbocycles. The molecule has 2 aromatic heterocycles. The summed E-state index contributed by atoms with van der Waals surface area (Å²) in [5, 5.41) is 4.23. The number of sulfonamides is 1. The van der Waals surface area contributed by atoms with E-state index in [1.165, 1.54) is 15.1 Å². The fraction of sp³-hybridized carbons (Fsp3) is 0.381. The van der Waals surface area contributed by atoms with E-state index >= 15 is 0 Å². The van der Waals surface area contributed by atoms with Gasteiger partial charge in [0.1, 0.15) is 12.3 Å². The van der Waals surface area contributed by atoms with E-state index in [0.29, 0.717) is 59.1 Å². The van der Waals surface area contributed by atoms with Crippen molar-refractivity contribution >= 4 is 51.0 Å². The minimum Gasteiger partial charge on any atom is -0.351 e. The molecule has 3 heterocycles. The molecule has 0 bridgehead atoms. The number of fused-ring (bicyclic) bond motifs is 1. The molecule has 33 heavy (non-hydrogen) atoms. The van der Waals surface area contributed by atoms with Crippen molar-refractivity contribution in [1.29, 1.82) is 0 Å². The fourth-order valence-electron chi connectivity index (χ4n) is 3.91. The summed E-state index contributed by atoms with van der Waals surface area (Å²) in [6.45, 7) is -0.0375. The Bertz CT molecular complexity index is 1310. The average Bonchev–Trinajstić information content (AvgIpc) is 2.76. The molecule has 1 N–H and O–H groups in total. The molecule has 0 aliphatic carbocycles. The number of benzene rings is 1. The molecule has 0 spiro atoms. The maximum Gasteiger partial charge on any atom is 0.260 e. The van der Waals surface area contributed by atoms with Gasteiger partial charge >= 0.3 is 0 Å². The Morgan fingerprint density at radius 2 is 1.91 bits per heavy atom. The minimum absolute atomic E-state index is 0. The van der Waals surface area contributed by atoms with Gasteiger partial charge in [0.05, 0.1) is 12.8 Å². The molecule has 4 rings (SSSR count). The SMILES string of the molecule is CS(=O)(=O)N1CCC(Nc2ncc3cc(-c4ccccc4Cl)c(=O)n(CCF)c3n2)CC1.Cl. The van der Waals surface area contributed by atoms with Crippen LogP contribution in [0.3, 0.4) is 0 Å². The molecule has 1 aliphatic heterocycles. The fourth-order valence-corrected chi connectivity index (χ4v) is 5.02. The smallest absolute Gasteiger partial charge is 0.260 e. The molecule has 0 saturated carbocycles. The topological polar surface area (TPSA) is 97.2 Å². The van der Waals surface area contributed by atoms with Crippen LogP contribution in [-0.4, -0.2) is 59.3 Å². The lowest BCUT2D eigenvalue weighted by Gasteiger charge is -2.30. The Morgan fingerprint density at radius 1 is 1.21 bits per heavy atom. The number of aromatic nitrogens is 3. The van der Waals surface area contributed by atoms with Gasteiger partial charge in [0.2, 0.25) is 16.0 Å². The van der Waals surface area contributed by atoms with Gasteiger partial charge in [-0.3, -0.25) is 9.36 Å². The summed E-state index contributed by atoms with van der Waals surface area (Å²) in [6, 6.07) is 8.65. The van der Waals surface area contributed by atoms with Crippen LogP contribution in [0.2, 0.25) is 5.02 Å². The second-order valence-electron chi connectivity index (χ2n) is 7.74. The van der Waals surface area contributed by atoms with Gasteiger partial charge in [0.25, 0.3) is 5.56 Å². The molecule has 1 aliphatic rings. The van der Waals surface area contributed by atoms with Crippen LogP contribution in [0.4, 0.5) is 10.3 Å². The summed E-state index contributed by atoms with van der Waals surface area (Å²) < 4.78 is 39.4. The number of alkyl halides is 1. The molecule has 0 atom stereocenters. The van der Waals surface area contributed by atoms with Crippen LogP contribution in [0.15, 0.2) is 41.3 Å². The predicted octanol–water partition coefficient (Wildman–Crippen LogP) is 3.34. The first kappa shape index (κ1) is 25.4. The van der Waals surface area contributed by atoms with Crippen LogP contribution in [0.1, 0.15) is 12.8 Å². The van der Waals surface area contributed by atoms with Gasteiger partial charge < -0.3 is 5.32 Å². The Labute approximate surface area is 202 Å². The largest absolute Gasteiger partial charge is 0.351 e. The average molecular weight is 516 g/mol. The first-order chi connectivity index (χ1) is 15.3. The van der Waals surface area contributed by atoms with Crippen molar-refractivity contribution in [2.24, 2.45) is 0 Å². The maximum atomic E-state index is 13.3. The van der Waals surface area contributed by atoms with Crippen LogP contribution in [-0.2, 0) is 16.6 Å². The number of rotatable bonds is 6. The van der Waals surface area contributed by atoms with Crippen molar-refractivity contribution in [2.75, 3.05) is 31.3 Å². The number of hydrogen-bond acceptors (Lipinski definition) is 6. The van der Waals surface area contributed by atoms with Crippen molar-refractivity contribution in [3.05, 3.63) is 51.9 Å². The van der Waals surface area contributed by atoms with E-state index in [4.69, 9.17) is 11.6 Å². The molecule has 178 valence electrons. The monoisotopic (exact) mass is 515 g/mol. The minimum atomic E-state index is -3.21. The van der Waals surface area contributed by atoms with E-state index < -0.39 is 16.7 Å². The van der Waals surface area contributed by atoms with Gasteiger partial charge in [-0.2, -0.15) is 4.98 Å². The summed E-state index contributed by atoms with van der Waals surface area (Å²) in [4.78, 5) is 22.0. The first-order valence-electron chi connectivity index (χ1n) is 10.2. The molecule has 1 fully saturated rings. The lowest BCUT2D eigenvalue weighted by molar-refractivity contribution is 0.331. The number of nitrogens with zero attached hydrogens (tertiary/aromatic N) is 4. The standard InChI is InChI=1S/C21H23ClFN5O3S.ClH/c1-32(30,31)27-9-6-15(7-10-27)25-21-24-13-14-12-17(16-4-2-3-5-18(16)22)20(29)28(11-8-23)19(14)26-21;/h2-5,12-13,15H,6-11H2,1H3,(H,24,25,26);1H. The quantitative estimate of drug-likeness (QED) is 0.540. The van der Waals surface area contributed by atoms with E-state index in [0.717, 1.165) is 0 Å². The highest BCUT2D eigenvalue weighted by atomic mass is 35.5. The Hall–Kier alpha value is -2.27. The molecule has 3 aromatic rings. The van der Waals surface area contributed by atoms with E-state index in [1.54, 1.807) is 36.5 Å². The summed E-state index contributed by atoms with van der Waals surface area (Å²) >= 11 is 6.28. The highest BCUT2D eigenvalue weighted by molar-refractivity contribution is 7.88. The summed E-state index contributed by atoms with van der Waals surface area (Å²) in [7, 11) is -3.21. The van der Waals surface area contributed by atoms with E-state index in [9.17, 15) is 17.6 Å². The molecule has 0 unspecified atom stereocenters. The Morgan fingerprint density at radius 3 is 2.55 bits per heavy atom. The van der Waals surface area contributed by atoms with Gasteiger partial charge in [0.15, 0.2) is 0 Å². The van der Waals surface area contributed by atoms with Crippen LogP contribution in [0.5, 0.6) is 0 Å². The Kier molecular flexibility index (Phi) is 7.94. The molecule has 0 amide bonds. The lowest BCUT2D eigenvalue weighted by Crippen LogP contribution is -2.42. The zero-order valence-electron chi connectivity index (χ0n) is 17.9. The Balaban J connectivity index is 0.00000306. The maximum absolute atomic E-state index is 13.3. The van der Waals surface area contributed by atoms with Crippen LogP contribution in [0.25, 0.3) is 22.2 Å². The highest BCUT2D eigenvalue weighted by Crippen LogP contribution is 2.27. The third-order valence-corrected chi connectivity index (χ3v) is 7.19. The summed E-state index contributed by atoms with van der Waals surface area (Å²) in [5.41, 5.74) is 0.867. The van der Waals surface area contributed by atoms with Crippen molar-refractivity contribution in [3.63, 3.8) is 0 Å². The zero-order valence-corrected chi connectivity index (χ0v) is 20.3. The van der Waals surface area contributed by atoms with Crippen molar-refractivity contribution in [2.45, 2.75) is 25.4 Å². The predicted molar refractivity (Wildman–Crippen MR) is 131 cm³/mol. The molecular weight excluding hydrogens is 492 g/mol. The number of nitrogens with one attached hydrogen (secondary N) is 1. The van der Waals surface area contributed by atoms with Gasteiger partial charge in [0, 0.05) is 46.9 Å². The third-order valence-electron chi connectivity index (χ3n) is 5.56. The summed E-state index contributed by atoms with van der Waals surface area (Å²) in [5.74, 6) is 0.313. The van der Waals surface area contributed by atoms with Crippen LogP contribution >= 0.6 is 24.0 Å². The number of halogens is 3. The molecule has 8 nitrogen and oxygen atoms in total. The van der Waals surface area contributed by atoms with Crippen LogP contribution < -0.4 is 10.9 Å². The number of hydrogen-bond donors (Lipinski definition) is 1. The van der Waals surface area contributed by atoms with Crippen molar-refractivity contribution < 1.29 is 12.8 Å². The third kappa shape index (κ3) is 5.46. The first-order valence-corrected chi connectivity index (χ1v) is 12.4. The van der Waals surface area contributed by atoms with Gasteiger partial charge in [-0.15, -0.1) is 12.4 Å². The summed E-state index contributed by atoms with van der Waals surface area (Å²) in [6.07, 6.45) is 4.01. The normalized spacial score (nSPS) is 15.4. The highest BCUT2D eigenvalue weighted by Gasteiger charge is 2.25. The number of piperidine rings is 1. The van der Waals surface area contributed by atoms with Gasteiger partial charge in [-0.25, -0.2) is 22.1 Å². The van der Waals surface area contributed by atoms with Crippen LogP contribution in [0, 0.1) is 0 Å². The molecule has 1 saturated heterocycles. The van der Waals surface area contributed by atoms with Crippen molar-refractivity contribution in [3.8, 4) is 11.1 Å². The molecule has 12 heteroatoms. The van der Waals surface area contributed by atoms with Gasteiger partial charge in [-0.05, 0) is 25.0 Å². The number of pyridine rings is 1. The van der Waals surface area contributed by atoms with E-state index in [2.05, 4.69) is 15.3 Å². The lowest BCUT2D eigenvalue weighted by atomic mass is 10.1. The molecule has 0 radical (unpaired) electrons. The second-order valence-corrected chi connectivity index (χ2v) is 10.1. The second kappa shape index (κ2) is 10.3. The van der Waals surface area contributed by atoms with Gasteiger partial charge in [-0.1, -0.05) is 29.8 Å². The zero-order chi connectivity index (χ0) is 22.9.